The summed E-state index contributed by atoms with van der Waals surface area (Å²) in [6.45, 7) is 3.62. The van der Waals surface area contributed by atoms with Gasteiger partial charge in [-0.15, -0.1) is 11.3 Å². The van der Waals surface area contributed by atoms with Crippen LogP contribution >= 0.6 is 27.3 Å². The Hall–Kier alpha value is -1.03. The second-order valence-corrected chi connectivity index (χ2v) is 8.31. The number of aromatic nitrogens is 2. The van der Waals surface area contributed by atoms with E-state index in [1.165, 1.54) is 23.7 Å². The minimum Gasteiger partial charge on any atom is -0.312 e. The molecule has 9 heteroatoms. The zero-order chi connectivity index (χ0) is 15.3. The zero-order valence-corrected chi connectivity index (χ0v) is 14.6. The molecule has 6 nitrogen and oxygen atoms in total. The molecular formula is C12H15BrN4O2S2. The lowest BCUT2D eigenvalue weighted by molar-refractivity contribution is 0.600. The van der Waals surface area contributed by atoms with E-state index in [2.05, 4.69) is 42.9 Å². The summed E-state index contributed by atoms with van der Waals surface area (Å²) < 4.78 is 27.6. The van der Waals surface area contributed by atoms with Crippen LogP contribution in [0.1, 0.15) is 18.2 Å². The van der Waals surface area contributed by atoms with Crippen molar-refractivity contribution in [2.24, 2.45) is 0 Å². The fourth-order valence-corrected chi connectivity index (χ4v) is 5.19. The summed E-state index contributed by atoms with van der Waals surface area (Å²) in [5.74, 6) is 0.0567. The van der Waals surface area contributed by atoms with Crippen molar-refractivity contribution in [2.45, 2.75) is 24.8 Å². The smallest absolute Gasteiger partial charge is 0.266 e. The molecule has 0 fully saturated rings. The second kappa shape index (κ2) is 7.30. The number of thiophene rings is 1. The molecule has 2 heterocycles. The van der Waals surface area contributed by atoms with E-state index in [4.69, 9.17) is 0 Å². The molecule has 0 spiro atoms. The van der Waals surface area contributed by atoms with Crippen LogP contribution in [0.25, 0.3) is 0 Å². The first-order valence-electron chi connectivity index (χ1n) is 6.31. The molecule has 0 aliphatic rings. The maximum absolute atomic E-state index is 12.3. The predicted molar refractivity (Wildman–Crippen MR) is 86.9 cm³/mol. The van der Waals surface area contributed by atoms with E-state index in [-0.39, 0.29) is 10.8 Å². The number of rotatable bonds is 7. The van der Waals surface area contributed by atoms with Gasteiger partial charge in [-0.05, 0) is 41.0 Å². The largest absolute Gasteiger partial charge is 0.312 e. The van der Waals surface area contributed by atoms with Gasteiger partial charge in [-0.3, -0.25) is 0 Å². The Bertz CT molecular complexity index is 689. The molecule has 2 aromatic rings. The van der Waals surface area contributed by atoms with Gasteiger partial charge in [0.2, 0.25) is 5.95 Å². The van der Waals surface area contributed by atoms with Crippen molar-refractivity contribution in [1.29, 1.82) is 0 Å². The van der Waals surface area contributed by atoms with Crippen LogP contribution in [0.15, 0.2) is 33.2 Å². The lowest BCUT2D eigenvalue weighted by Gasteiger charge is -2.04. The SMILES string of the molecule is CCCNCc1cc(S(=O)(=O)Nc2ncccn2)c(Br)s1. The molecule has 21 heavy (non-hydrogen) atoms. The highest BCUT2D eigenvalue weighted by Gasteiger charge is 2.21. The summed E-state index contributed by atoms with van der Waals surface area (Å²) in [5, 5.41) is 3.24. The van der Waals surface area contributed by atoms with Crippen LogP contribution in [0.3, 0.4) is 0 Å². The van der Waals surface area contributed by atoms with Crippen LogP contribution in [-0.4, -0.2) is 24.9 Å². The van der Waals surface area contributed by atoms with E-state index in [0.29, 0.717) is 10.3 Å². The van der Waals surface area contributed by atoms with E-state index in [9.17, 15) is 8.42 Å². The molecule has 0 bridgehead atoms. The molecule has 0 aromatic carbocycles. The highest BCUT2D eigenvalue weighted by Crippen LogP contribution is 2.32. The van der Waals surface area contributed by atoms with Crippen LogP contribution in [0.2, 0.25) is 0 Å². The summed E-state index contributed by atoms with van der Waals surface area (Å²) >= 11 is 4.70. The molecule has 2 aromatic heterocycles. The summed E-state index contributed by atoms with van der Waals surface area (Å²) in [7, 11) is -3.69. The average Bonchev–Trinajstić information content (AvgIpc) is 2.82. The standard InChI is InChI=1S/C12H15BrN4O2S2/c1-2-4-14-8-9-7-10(11(13)20-9)21(18,19)17-12-15-5-3-6-16-12/h3,5-7,14H,2,4,8H2,1H3,(H,15,16,17). The Morgan fingerprint density at radius 1 is 1.33 bits per heavy atom. The lowest BCUT2D eigenvalue weighted by Crippen LogP contribution is -2.15. The van der Waals surface area contributed by atoms with Crippen molar-refractivity contribution in [1.82, 2.24) is 15.3 Å². The topological polar surface area (TPSA) is 84.0 Å². The van der Waals surface area contributed by atoms with E-state index in [1.54, 1.807) is 12.1 Å². The summed E-state index contributed by atoms with van der Waals surface area (Å²) in [6.07, 6.45) is 3.99. The molecular weight excluding hydrogens is 376 g/mol. The van der Waals surface area contributed by atoms with Crippen molar-refractivity contribution < 1.29 is 8.42 Å². The van der Waals surface area contributed by atoms with Gasteiger partial charge in [0.05, 0.1) is 3.79 Å². The summed E-state index contributed by atoms with van der Waals surface area (Å²) in [5.41, 5.74) is 0. The van der Waals surface area contributed by atoms with Gasteiger partial charge in [-0.1, -0.05) is 6.92 Å². The van der Waals surface area contributed by atoms with Gasteiger partial charge < -0.3 is 5.32 Å². The molecule has 0 radical (unpaired) electrons. The summed E-state index contributed by atoms with van der Waals surface area (Å²) in [6, 6.07) is 3.28. The Labute approximate surface area is 136 Å². The maximum atomic E-state index is 12.3. The number of hydrogen-bond acceptors (Lipinski definition) is 6. The van der Waals surface area contributed by atoms with Crippen LogP contribution in [0, 0.1) is 0 Å². The molecule has 0 atom stereocenters. The Kier molecular flexibility index (Phi) is 5.68. The number of anilines is 1. The van der Waals surface area contributed by atoms with Crippen LogP contribution < -0.4 is 10.0 Å². The Morgan fingerprint density at radius 3 is 2.71 bits per heavy atom. The number of hydrogen-bond donors (Lipinski definition) is 2. The maximum Gasteiger partial charge on any atom is 0.266 e. The molecule has 0 saturated heterocycles. The van der Waals surface area contributed by atoms with Crippen LogP contribution in [0.4, 0.5) is 5.95 Å². The average molecular weight is 391 g/mol. The van der Waals surface area contributed by atoms with Gasteiger partial charge in [0.1, 0.15) is 4.90 Å². The zero-order valence-electron chi connectivity index (χ0n) is 11.3. The van der Waals surface area contributed by atoms with Crippen LogP contribution in [-0.2, 0) is 16.6 Å². The number of nitrogens with one attached hydrogen (secondary N) is 2. The molecule has 2 N–H and O–H groups in total. The van der Waals surface area contributed by atoms with Crippen molar-refractivity contribution >= 4 is 43.2 Å². The van der Waals surface area contributed by atoms with Crippen molar-refractivity contribution in [3.05, 3.63) is 33.2 Å². The quantitative estimate of drug-likeness (QED) is 0.709. The third-order valence-electron chi connectivity index (χ3n) is 2.51. The second-order valence-electron chi connectivity index (χ2n) is 4.21. The predicted octanol–water partition coefficient (Wildman–Crippen LogP) is 2.60. The first-order chi connectivity index (χ1) is 10.0. The van der Waals surface area contributed by atoms with Gasteiger partial charge in [-0.25, -0.2) is 23.1 Å². The monoisotopic (exact) mass is 390 g/mol. The highest BCUT2D eigenvalue weighted by molar-refractivity contribution is 9.11. The normalized spacial score (nSPS) is 11.5. The van der Waals surface area contributed by atoms with Crippen LogP contribution in [0.5, 0.6) is 0 Å². The molecule has 0 unspecified atom stereocenters. The molecule has 2 rings (SSSR count). The van der Waals surface area contributed by atoms with E-state index in [1.807, 2.05) is 0 Å². The fraction of sp³-hybridized carbons (Fsp3) is 0.333. The number of sulfonamides is 1. The lowest BCUT2D eigenvalue weighted by atomic mass is 10.4. The van der Waals surface area contributed by atoms with E-state index in [0.717, 1.165) is 17.8 Å². The van der Waals surface area contributed by atoms with Gasteiger partial charge >= 0.3 is 0 Å². The molecule has 0 aliphatic heterocycles. The van der Waals surface area contributed by atoms with E-state index >= 15 is 0 Å². The molecule has 114 valence electrons. The first-order valence-corrected chi connectivity index (χ1v) is 9.41. The number of nitrogens with zero attached hydrogens (tertiary/aromatic N) is 2. The fourth-order valence-electron chi connectivity index (χ4n) is 1.58. The van der Waals surface area contributed by atoms with E-state index < -0.39 is 10.0 Å². The number of halogens is 1. The van der Waals surface area contributed by atoms with Gasteiger partial charge in [0, 0.05) is 23.8 Å². The van der Waals surface area contributed by atoms with Gasteiger partial charge in [0.15, 0.2) is 0 Å². The molecule has 0 amide bonds. The molecule has 0 saturated carbocycles. The summed E-state index contributed by atoms with van der Waals surface area (Å²) in [4.78, 5) is 8.87. The first kappa shape index (κ1) is 16.3. The Morgan fingerprint density at radius 2 is 2.05 bits per heavy atom. The highest BCUT2D eigenvalue weighted by atomic mass is 79.9. The van der Waals surface area contributed by atoms with Gasteiger partial charge in [0.25, 0.3) is 10.0 Å². The van der Waals surface area contributed by atoms with Gasteiger partial charge in [-0.2, -0.15) is 0 Å². The van der Waals surface area contributed by atoms with Crippen molar-refractivity contribution in [3.8, 4) is 0 Å². The van der Waals surface area contributed by atoms with Crippen molar-refractivity contribution in [3.63, 3.8) is 0 Å². The third-order valence-corrected chi connectivity index (χ3v) is 6.09. The van der Waals surface area contributed by atoms with Crippen molar-refractivity contribution in [2.75, 3.05) is 11.3 Å². The Balaban J connectivity index is 2.16. The molecule has 0 aliphatic carbocycles. The minimum absolute atomic E-state index is 0.0567. The minimum atomic E-state index is -3.69. The third kappa shape index (κ3) is 4.47.